The highest BCUT2D eigenvalue weighted by Gasteiger charge is 2.10. The minimum Gasteiger partial charge on any atom is -0.338 e. The van der Waals surface area contributed by atoms with E-state index in [9.17, 15) is 9.18 Å². The van der Waals surface area contributed by atoms with Gasteiger partial charge in [0.05, 0.1) is 11.0 Å². The summed E-state index contributed by atoms with van der Waals surface area (Å²) in [4.78, 5) is 20.2. The molecular weight excluding hydrogens is 315 g/mol. The molecule has 0 aliphatic rings. The van der Waals surface area contributed by atoms with Crippen molar-refractivity contribution in [3.63, 3.8) is 0 Å². The van der Waals surface area contributed by atoms with E-state index in [0.29, 0.717) is 5.56 Å². The number of nitrogens with zero attached hydrogens (tertiary/aromatic N) is 1. The Morgan fingerprint density at radius 1 is 0.960 bits per heavy atom. The molecule has 0 bridgehead atoms. The molecule has 0 saturated heterocycles. The number of H-pyrrole nitrogens is 1. The Hall–Kier alpha value is -3.27. The molecule has 0 amide bonds. The van der Waals surface area contributed by atoms with E-state index in [4.69, 9.17) is 0 Å². The van der Waals surface area contributed by atoms with Crippen molar-refractivity contribution in [2.45, 2.75) is 6.42 Å². The number of carbonyl (C=O) groups is 1. The molecule has 0 spiro atoms. The first-order valence-electron chi connectivity index (χ1n) is 8.02. The molecule has 4 rings (SSSR count). The van der Waals surface area contributed by atoms with Gasteiger partial charge in [-0.05, 0) is 42.0 Å². The van der Waals surface area contributed by atoms with Gasteiger partial charge in [-0.1, -0.05) is 36.4 Å². The molecule has 4 heteroatoms. The zero-order chi connectivity index (χ0) is 17.2. The molecule has 3 nitrogen and oxygen atoms in total. The lowest BCUT2D eigenvalue weighted by Gasteiger charge is -2.02. The van der Waals surface area contributed by atoms with Gasteiger partial charge in [0.1, 0.15) is 11.6 Å². The first-order valence-corrected chi connectivity index (χ1v) is 8.02. The second-order valence-corrected chi connectivity index (χ2v) is 5.91. The number of nitrogens with one attached hydrogen (secondary N) is 1. The molecule has 0 fully saturated rings. The van der Waals surface area contributed by atoms with Crippen LogP contribution in [0.1, 0.15) is 15.9 Å². The maximum absolute atomic E-state index is 13.0. The summed E-state index contributed by atoms with van der Waals surface area (Å²) in [5.41, 5.74) is 4.17. The highest BCUT2D eigenvalue weighted by atomic mass is 19.1. The molecule has 0 unspecified atom stereocenters. The first kappa shape index (κ1) is 15.3. The number of ketones is 1. The van der Waals surface area contributed by atoms with Gasteiger partial charge in [0.15, 0.2) is 5.78 Å². The largest absolute Gasteiger partial charge is 0.338 e. The van der Waals surface area contributed by atoms with Gasteiger partial charge in [-0.3, -0.25) is 4.79 Å². The van der Waals surface area contributed by atoms with Gasteiger partial charge in [0.2, 0.25) is 0 Å². The van der Waals surface area contributed by atoms with Gasteiger partial charge in [-0.15, -0.1) is 0 Å². The van der Waals surface area contributed by atoms with Crippen molar-refractivity contribution in [1.29, 1.82) is 0 Å². The van der Waals surface area contributed by atoms with Crippen LogP contribution < -0.4 is 0 Å². The predicted octanol–water partition coefficient (Wildman–Crippen LogP) is 4.79. The maximum Gasteiger partial charge on any atom is 0.167 e. The highest BCUT2D eigenvalue weighted by Crippen LogP contribution is 2.21. The smallest absolute Gasteiger partial charge is 0.167 e. The van der Waals surface area contributed by atoms with Crippen LogP contribution in [-0.2, 0) is 6.42 Å². The van der Waals surface area contributed by atoms with Crippen LogP contribution in [0.2, 0.25) is 0 Å². The van der Waals surface area contributed by atoms with Crippen LogP contribution in [-0.4, -0.2) is 15.8 Å². The number of halogens is 1. The van der Waals surface area contributed by atoms with Gasteiger partial charge >= 0.3 is 0 Å². The SMILES string of the molecule is O=C(Cc1ccc2nc(-c3ccccc3)[nH]c2c1)c1ccc(F)cc1. The third-order valence-electron chi connectivity index (χ3n) is 4.12. The number of aromatic amines is 1. The monoisotopic (exact) mass is 330 g/mol. The minimum absolute atomic E-state index is 0.0397. The second kappa shape index (κ2) is 6.32. The Labute approximate surface area is 144 Å². The molecule has 0 atom stereocenters. The number of carbonyl (C=O) groups excluding carboxylic acids is 1. The summed E-state index contributed by atoms with van der Waals surface area (Å²) >= 11 is 0. The van der Waals surface area contributed by atoms with Crippen LogP contribution in [0.15, 0.2) is 72.8 Å². The number of benzene rings is 3. The quantitative estimate of drug-likeness (QED) is 0.547. The molecule has 0 aliphatic heterocycles. The van der Waals surface area contributed by atoms with E-state index >= 15 is 0 Å². The Balaban J connectivity index is 1.61. The van der Waals surface area contributed by atoms with Crippen molar-refractivity contribution in [3.05, 3.63) is 89.7 Å². The van der Waals surface area contributed by atoms with Crippen LogP contribution >= 0.6 is 0 Å². The standard InChI is InChI=1S/C21H15FN2O/c22-17-9-7-15(8-10-17)20(25)13-14-6-11-18-19(12-14)24-21(23-18)16-4-2-1-3-5-16/h1-12H,13H2,(H,23,24). The van der Waals surface area contributed by atoms with Gasteiger partial charge < -0.3 is 4.98 Å². The molecule has 0 saturated carbocycles. The minimum atomic E-state index is -0.344. The highest BCUT2D eigenvalue weighted by molar-refractivity contribution is 5.97. The fraction of sp³-hybridized carbons (Fsp3) is 0.0476. The molecule has 1 N–H and O–H groups in total. The molecule has 25 heavy (non-hydrogen) atoms. The number of hydrogen-bond donors (Lipinski definition) is 1. The van der Waals surface area contributed by atoms with Crippen LogP contribution in [0.5, 0.6) is 0 Å². The summed E-state index contributed by atoms with van der Waals surface area (Å²) in [6, 6.07) is 21.3. The Morgan fingerprint density at radius 2 is 1.72 bits per heavy atom. The lowest BCUT2D eigenvalue weighted by molar-refractivity contribution is 0.0993. The average Bonchev–Trinajstić information content (AvgIpc) is 3.06. The van der Waals surface area contributed by atoms with Crippen molar-refractivity contribution >= 4 is 16.8 Å². The van der Waals surface area contributed by atoms with Crippen LogP contribution in [0, 0.1) is 5.82 Å². The lowest BCUT2D eigenvalue weighted by atomic mass is 10.0. The molecule has 3 aromatic carbocycles. The molecule has 1 heterocycles. The average molecular weight is 330 g/mol. The number of Topliss-reactive ketones (excluding diaryl/α,β-unsaturated/α-hetero) is 1. The lowest BCUT2D eigenvalue weighted by Crippen LogP contribution is -2.03. The van der Waals surface area contributed by atoms with E-state index in [1.54, 1.807) is 0 Å². The van der Waals surface area contributed by atoms with Crippen LogP contribution in [0.25, 0.3) is 22.4 Å². The van der Waals surface area contributed by atoms with Crippen LogP contribution in [0.3, 0.4) is 0 Å². The molecule has 0 aliphatic carbocycles. The van der Waals surface area contributed by atoms with E-state index in [2.05, 4.69) is 9.97 Å². The van der Waals surface area contributed by atoms with Crippen molar-refractivity contribution < 1.29 is 9.18 Å². The number of fused-ring (bicyclic) bond motifs is 1. The van der Waals surface area contributed by atoms with Crippen molar-refractivity contribution in [2.75, 3.05) is 0 Å². The van der Waals surface area contributed by atoms with Crippen molar-refractivity contribution in [1.82, 2.24) is 9.97 Å². The molecule has 122 valence electrons. The summed E-state index contributed by atoms with van der Waals surface area (Å²) in [5.74, 6) is 0.420. The molecule has 4 aromatic rings. The zero-order valence-corrected chi connectivity index (χ0v) is 13.4. The number of hydrogen-bond acceptors (Lipinski definition) is 2. The zero-order valence-electron chi connectivity index (χ0n) is 13.4. The number of imidazole rings is 1. The predicted molar refractivity (Wildman–Crippen MR) is 96.0 cm³/mol. The van der Waals surface area contributed by atoms with Crippen molar-refractivity contribution in [3.8, 4) is 11.4 Å². The van der Waals surface area contributed by atoms with Crippen molar-refractivity contribution in [2.24, 2.45) is 0 Å². The summed E-state index contributed by atoms with van der Waals surface area (Å²) in [6.07, 6.45) is 0.265. The normalized spacial score (nSPS) is 10.9. The van der Waals surface area contributed by atoms with Gasteiger partial charge in [0, 0.05) is 17.5 Å². The van der Waals surface area contributed by atoms with Crippen LogP contribution in [0.4, 0.5) is 4.39 Å². The van der Waals surface area contributed by atoms with E-state index in [1.165, 1.54) is 24.3 Å². The topological polar surface area (TPSA) is 45.8 Å². The van der Waals surface area contributed by atoms with E-state index in [0.717, 1.165) is 28.0 Å². The van der Waals surface area contributed by atoms with Gasteiger partial charge in [-0.2, -0.15) is 0 Å². The third kappa shape index (κ3) is 3.19. The van der Waals surface area contributed by atoms with E-state index in [1.807, 2.05) is 48.5 Å². The molecular formula is C21H15FN2O. The fourth-order valence-electron chi connectivity index (χ4n) is 2.82. The molecule has 0 radical (unpaired) electrons. The Bertz CT molecular complexity index is 1040. The summed E-state index contributed by atoms with van der Waals surface area (Å²) < 4.78 is 13.0. The summed E-state index contributed by atoms with van der Waals surface area (Å²) in [5, 5.41) is 0. The number of aromatic nitrogens is 2. The number of rotatable bonds is 4. The van der Waals surface area contributed by atoms with E-state index in [-0.39, 0.29) is 18.0 Å². The second-order valence-electron chi connectivity index (χ2n) is 5.91. The summed E-state index contributed by atoms with van der Waals surface area (Å²) in [6.45, 7) is 0. The first-order chi connectivity index (χ1) is 12.2. The molecule has 1 aromatic heterocycles. The third-order valence-corrected chi connectivity index (χ3v) is 4.12. The Kier molecular flexibility index (Phi) is 3.86. The van der Waals surface area contributed by atoms with Gasteiger partial charge in [0.25, 0.3) is 0 Å². The van der Waals surface area contributed by atoms with E-state index < -0.39 is 0 Å². The van der Waals surface area contributed by atoms with Gasteiger partial charge in [-0.25, -0.2) is 9.37 Å². The maximum atomic E-state index is 13.0. The fourth-order valence-corrected chi connectivity index (χ4v) is 2.82. The Morgan fingerprint density at radius 3 is 2.48 bits per heavy atom. The summed E-state index contributed by atoms with van der Waals surface area (Å²) in [7, 11) is 0.